The topological polar surface area (TPSA) is 6.48 Å². The molecule has 2 heteroatoms. The zero-order valence-electron chi connectivity index (χ0n) is 38.1. The van der Waals surface area contributed by atoms with Crippen molar-refractivity contribution in [1.29, 1.82) is 0 Å². The predicted octanol–water partition coefficient (Wildman–Crippen LogP) is 18.5. The van der Waals surface area contributed by atoms with E-state index >= 15 is 0 Å². The maximum atomic E-state index is 4.26. The number of anilines is 5. The second-order valence-corrected chi connectivity index (χ2v) is 16.9. The highest BCUT2D eigenvalue weighted by molar-refractivity contribution is 5.89. The molecule has 0 bridgehead atoms. The summed E-state index contributed by atoms with van der Waals surface area (Å²) in [5, 5.41) is 0. The lowest BCUT2D eigenvalue weighted by Gasteiger charge is -2.27. The van der Waals surface area contributed by atoms with Crippen LogP contribution in [0.15, 0.2) is 285 Å². The molecule has 0 saturated carbocycles. The molecule has 1 aliphatic carbocycles. The highest BCUT2D eigenvalue weighted by atomic mass is 15.1. The van der Waals surface area contributed by atoms with Gasteiger partial charge in [-0.1, -0.05) is 213 Å². The Labute approximate surface area is 401 Å². The summed E-state index contributed by atoms with van der Waals surface area (Å²) in [5.41, 5.74) is 19.4. The smallest absolute Gasteiger partial charge is 0.0468 e. The lowest BCUT2D eigenvalue weighted by Crippen LogP contribution is -2.15. The number of benzene rings is 9. The first-order valence-corrected chi connectivity index (χ1v) is 23.4. The third kappa shape index (κ3) is 9.77. The van der Waals surface area contributed by atoms with E-state index in [9.17, 15) is 0 Å². The highest BCUT2D eigenvalue weighted by Gasteiger charge is 2.18. The van der Waals surface area contributed by atoms with Gasteiger partial charge in [0.1, 0.15) is 0 Å². The largest absolute Gasteiger partial charge is 0.311 e. The van der Waals surface area contributed by atoms with Crippen LogP contribution in [0, 0.1) is 0 Å². The molecule has 0 saturated heterocycles. The summed E-state index contributed by atoms with van der Waals surface area (Å²) in [5.74, 6) is 0. The Bertz CT molecular complexity index is 3220. The number of nitrogens with zero attached hydrogens (tertiary/aromatic N) is 2. The monoisotopic (exact) mass is 872 g/mol. The molecule has 9 aromatic carbocycles. The van der Waals surface area contributed by atoms with Crippen LogP contribution in [-0.2, 0) is 0 Å². The first-order chi connectivity index (χ1) is 33.7. The Morgan fingerprint density at radius 3 is 1.40 bits per heavy atom. The number of hydrogen-bond acceptors (Lipinski definition) is 2. The Kier molecular flexibility index (Phi) is 13.1. The van der Waals surface area contributed by atoms with Crippen molar-refractivity contribution < 1.29 is 0 Å². The van der Waals surface area contributed by atoms with Crippen molar-refractivity contribution in [2.75, 3.05) is 9.80 Å². The number of hydrogen-bond donors (Lipinski definition) is 0. The van der Waals surface area contributed by atoms with E-state index in [4.69, 9.17) is 0 Å². The summed E-state index contributed by atoms with van der Waals surface area (Å²) in [6.07, 6.45) is 17.3. The molecule has 9 aromatic rings. The minimum absolute atomic E-state index is 0.970. The maximum Gasteiger partial charge on any atom is 0.0468 e. The van der Waals surface area contributed by atoms with E-state index in [0.717, 1.165) is 80.4 Å². The number of rotatable bonds is 14. The summed E-state index contributed by atoms with van der Waals surface area (Å²) in [6, 6.07) is 84.7. The highest BCUT2D eigenvalue weighted by Crippen LogP contribution is 2.41. The van der Waals surface area contributed by atoms with Crippen molar-refractivity contribution in [1.82, 2.24) is 0 Å². The van der Waals surface area contributed by atoms with Crippen LogP contribution >= 0.6 is 0 Å². The molecule has 0 atom stereocenters. The quantitative estimate of drug-likeness (QED) is 0.100. The molecule has 326 valence electrons. The third-order valence-corrected chi connectivity index (χ3v) is 12.5. The Morgan fingerprint density at radius 2 is 0.853 bits per heavy atom. The van der Waals surface area contributed by atoms with Crippen molar-refractivity contribution in [2.24, 2.45) is 0 Å². The summed E-state index contributed by atoms with van der Waals surface area (Å²) < 4.78 is 0. The second-order valence-electron chi connectivity index (χ2n) is 16.9. The molecular formula is C66H52N2. The zero-order valence-corrected chi connectivity index (χ0v) is 38.1. The average Bonchev–Trinajstić information content (AvgIpc) is 3.42. The molecular weight excluding hydrogens is 821 g/mol. The predicted molar refractivity (Wildman–Crippen MR) is 292 cm³/mol. The van der Waals surface area contributed by atoms with E-state index < -0.39 is 0 Å². The molecule has 0 amide bonds. The van der Waals surface area contributed by atoms with Gasteiger partial charge in [-0.15, -0.1) is 0 Å². The normalized spacial score (nSPS) is 12.4. The molecule has 0 unspecified atom stereocenters. The van der Waals surface area contributed by atoms with Crippen LogP contribution in [0.4, 0.5) is 28.4 Å². The van der Waals surface area contributed by atoms with E-state index in [2.05, 4.69) is 283 Å². The van der Waals surface area contributed by atoms with Crippen LogP contribution in [0.1, 0.15) is 24.0 Å². The lowest BCUT2D eigenvalue weighted by atomic mass is 9.92. The van der Waals surface area contributed by atoms with Crippen molar-refractivity contribution >= 4 is 40.1 Å². The van der Waals surface area contributed by atoms with Gasteiger partial charge in [-0.2, -0.15) is 0 Å². The summed E-state index contributed by atoms with van der Waals surface area (Å²) in [7, 11) is 0. The SMILES string of the molecule is C=C/C(=C\C=C\c1ccccc1)N(c1ccccc1)c1ccc(-c2ccc(-c3ccc(N(c4ccc(C5=CCCC=C5)cc4)c4ccc(-c5ccccc5)cc4)cc3)cc2)c(-c2ccccc2)c1. The molecule has 10 rings (SSSR count). The fourth-order valence-corrected chi connectivity index (χ4v) is 9.02. The third-order valence-electron chi connectivity index (χ3n) is 12.5. The number of para-hydroxylation sites is 1. The number of allylic oxidation sites excluding steroid dienone is 7. The fraction of sp³-hybridized carbons (Fsp3) is 0.0303. The Balaban J connectivity index is 0.963. The van der Waals surface area contributed by atoms with Gasteiger partial charge >= 0.3 is 0 Å². The molecule has 1 aliphatic rings. The van der Waals surface area contributed by atoms with Gasteiger partial charge in [-0.25, -0.2) is 0 Å². The molecule has 0 aromatic heterocycles. The van der Waals surface area contributed by atoms with Gasteiger partial charge < -0.3 is 9.80 Å². The van der Waals surface area contributed by atoms with Crippen LogP contribution in [0.25, 0.3) is 56.2 Å². The molecule has 0 aliphatic heterocycles. The van der Waals surface area contributed by atoms with Gasteiger partial charge in [-0.3, -0.25) is 0 Å². The van der Waals surface area contributed by atoms with E-state index in [-0.39, 0.29) is 0 Å². The lowest BCUT2D eigenvalue weighted by molar-refractivity contribution is 1.04. The van der Waals surface area contributed by atoms with E-state index in [0.29, 0.717) is 0 Å². The van der Waals surface area contributed by atoms with Crippen molar-refractivity contribution in [2.45, 2.75) is 12.8 Å². The van der Waals surface area contributed by atoms with Gasteiger partial charge in [-0.05, 0) is 147 Å². The first kappa shape index (κ1) is 43.2. The molecule has 2 nitrogen and oxygen atoms in total. The summed E-state index contributed by atoms with van der Waals surface area (Å²) >= 11 is 0. The van der Waals surface area contributed by atoms with E-state index in [1.807, 2.05) is 12.1 Å². The molecule has 0 spiro atoms. The first-order valence-electron chi connectivity index (χ1n) is 23.4. The molecule has 0 fully saturated rings. The van der Waals surface area contributed by atoms with E-state index in [1.165, 1.54) is 27.8 Å². The zero-order chi connectivity index (χ0) is 45.9. The Morgan fingerprint density at radius 1 is 0.397 bits per heavy atom. The Hall–Kier alpha value is -8.72. The maximum absolute atomic E-state index is 4.26. The van der Waals surface area contributed by atoms with Gasteiger partial charge in [0.05, 0.1) is 0 Å². The van der Waals surface area contributed by atoms with Crippen LogP contribution in [-0.4, -0.2) is 0 Å². The molecule has 68 heavy (non-hydrogen) atoms. The minimum Gasteiger partial charge on any atom is -0.311 e. The van der Waals surface area contributed by atoms with Crippen LogP contribution in [0.5, 0.6) is 0 Å². The standard InChI is InChI=1S/C66H52N2/c1-2-59(30-18-21-50-19-8-3-9-20-50)67(60-28-16-7-17-29-60)64-47-48-65(66(49-64)57-26-14-6-15-27-57)58-33-31-53(32-34-58)56-39-45-63(46-40-56)68(61-41-35-54(36-42-61)51-22-10-4-11-23-51)62-43-37-55(38-44-62)52-24-12-5-13-25-52/h2-4,6-12,14-49H,1,5,13H2/b21-18+,59-30+. The fourth-order valence-electron chi connectivity index (χ4n) is 9.02. The van der Waals surface area contributed by atoms with Gasteiger partial charge in [0.25, 0.3) is 0 Å². The van der Waals surface area contributed by atoms with Gasteiger partial charge in [0, 0.05) is 34.1 Å². The second kappa shape index (κ2) is 20.6. The molecule has 0 N–H and O–H groups in total. The summed E-state index contributed by atoms with van der Waals surface area (Å²) in [4.78, 5) is 4.62. The van der Waals surface area contributed by atoms with Gasteiger partial charge in [0.2, 0.25) is 0 Å². The molecule has 0 radical (unpaired) electrons. The van der Waals surface area contributed by atoms with Gasteiger partial charge in [0.15, 0.2) is 0 Å². The van der Waals surface area contributed by atoms with Crippen molar-refractivity contribution in [3.05, 3.63) is 296 Å². The average molecular weight is 873 g/mol. The minimum atomic E-state index is 0.970. The van der Waals surface area contributed by atoms with E-state index in [1.54, 1.807) is 0 Å². The van der Waals surface area contributed by atoms with Crippen LogP contribution in [0.2, 0.25) is 0 Å². The van der Waals surface area contributed by atoms with Crippen molar-refractivity contribution in [3.8, 4) is 44.5 Å². The van der Waals surface area contributed by atoms with Crippen LogP contribution in [0.3, 0.4) is 0 Å². The molecule has 0 heterocycles. The van der Waals surface area contributed by atoms with Crippen LogP contribution < -0.4 is 9.80 Å². The van der Waals surface area contributed by atoms with Crippen molar-refractivity contribution in [3.63, 3.8) is 0 Å². The summed E-state index contributed by atoms with van der Waals surface area (Å²) in [6.45, 7) is 4.26.